The first-order valence-electron chi connectivity index (χ1n) is 5.99. The van der Waals surface area contributed by atoms with E-state index in [4.69, 9.17) is 10.3 Å². The van der Waals surface area contributed by atoms with Gasteiger partial charge in [-0.15, -0.1) is 0 Å². The van der Waals surface area contributed by atoms with Gasteiger partial charge < -0.3 is 15.2 Å². The third-order valence-corrected chi connectivity index (χ3v) is 2.68. The maximum atomic E-state index is 12.0. The van der Waals surface area contributed by atoms with Crippen LogP contribution in [0, 0.1) is 0 Å². The average molecular weight is 260 g/mol. The Morgan fingerprint density at radius 3 is 2.95 bits per heavy atom. The topological polar surface area (TPSA) is 93.2 Å². The minimum atomic E-state index is -0.171. The molecule has 0 spiro atoms. The highest BCUT2D eigenvalue weighted by atomic mass is 16.3. The van der Waals surface area contributed by atoms with Crippen molar-refractivity contribution in [1.82, 2.24) is 10.3 Å². The highest BCUT2D eigenvalue weighted by Crippen LogP contribution is 2.10. The van der Waals surface area contributed by atoms with Crippen LogP contribution in [0.4, 0.5) is 5.82 Å². The van der Waals surface area contributed by atoms with E-state index >= 15 is 0 Å². The molecule has 0 radical (unpaired) electrons. The van der Waals surface area contributed by atoms with Crippen LogP contribution in [0.3, 0.4) is 0 Å². The molecule has 0 fully saturated rings. The predicted octanol–water partition coefficient (Wildman–Crippen LogP) is 1.45. The summed E-state index contributed by atoms with van der Waals surface area (Å²) in [6, 6.07) is 5.17. The lowest BCUT2D eigenvalue weighted by molar-refractivity contribution is 0.0950. The minimum absolute atomic E-state index is 0.171. The molecular formula is C13H16N4O2. The van der Waals surface area contributed by atoms with E-state index in [1.807, 2.05) is 6.92 Å². The lowest BCUT2D eigenvalue weighted by atomic mass is 10.2. The zero-order chi connectivity index (χ0) is 13.7. The number of nitrogens with zero attached hydrogens (tertiary/aromatic N) is 1. The van der Waals surface area contributed by atoms with Gasteiger partial charge in [-0.3, -0.25) is 4.79 Å². The summed E-state index contributed by atoms with van der Waals surface area (Å²) in [5.41, 5.74) is 4.71. The number of rotatable bonds is 5. The number of carbonyl (C=O) groups excluding carboxylic acids is 1. The van der Waals surface area contributed by atoms with E-state index in [9.17, 15) is 4.79 Å². The molecular weight excluding hydrogens is 244 g/mol. The number of aromatic nitrogens is 1. The largest absolute Gasteiger partial charge is 0.472 e. The Balaban J connectivity index is 2.09. The van der Waals surface area contributed by atoms with Gasteiger partial charge in [-0.1, -0.05) is 6.92 Å². The van der Waals surface area contributed by atoms with Crippen molar-refractivity contribution in [2.45, 2.75) is 19.9 Å². The standard InChI is InChI=1S/C13H16N4O2/c1-2-11-5-10(6-12(16-11)17-14)13(18)15-7-9-3-4-19-8-9/h3-6,8H,2,7,14H2,1H3,(H,15,18)(H,16,17). The van der Waals surface area contributed by atoms with Crippen LogP contribution in [-0.4, -0.2) is 10.9 Å². The number of furan rings is 1. The van der Waals surface area contributed by atoms with Gasteiger partial charge in [-0.05, 0) is 24.6 Å². The third-order valence-electron chi connectivity index (χ3n) is 2.68. The number of hydrogen-bond acceptors (Lipinski definition) is 5. The third kappa shape index (κ3) is 3.32. The average Bonchev–Trinajstić information content (AvgIpc) is 2.97. The van der Waals surface area contributed by atoms with Crippen LogP contribution in [-0.2, 0) is 13.0 Å². The van der Waals surface area contributed by atoms with Gasteiger partial charge in [0.1, 0.15) is 5.82 Å². The molecule has 2 aromatic rings. The van der Waals surface area contributed by atoms with Crippen molar-refractivity contribution < 1.29 is 9.21 Å². The van der Waals surface area contributed by atoms with Crippen molar-refractivity contribution >= 4 is 11.7 Å². The number of amides is 1. The molecule has 0 saturated carbocycles. The van der Waals surface area contributed by atoms with Gasteiger partial charge in [-0.25, -0.2) is 10.8 Å². The molecule has 6 nitrogen and oxygen atoms in total. The van der Waals surface area contributed by atoms with Crippen molar-refractivity contribution in [2.75, 3.05) is 5.43 Å². The van der Waals surface area contributed by atoms with Gasteiger partial charge >= 0.3 is 0 Å². The van der Waals surface area contributed by atoms with E-state index in [0.717, 1.165) is 17.7 Å². The number of anilines is 1. The normalized spacial score (nSPS) is 10.2. The number of hydrogen-bond donors (Lipinski definition) is 3. The molecule has 0 aliphatic carbocycles. The summed E-state index contributed by atoms with van der Waals surface area (Å²) in [5, 5.41) is 2.81. The van der Waals surface area contributed by atoms with Crippen molar-refractivity contribution in [3.05, 3.63) is 47.5 Å². The molecule has 0 unspecified atom stereocenters. The Morgan fingerprint density at radius 2 is 2.32 bits per heavy atom. The number of carbonyl (C=O) groups is 1. The summed E-state index contributed by atoms with van der Waals surface area (Å²) in [4.78, 5) is 16.3. The second-order valence-corrected chi connectivity index (χ2v) is 4.04. The molecule has 0 aromatic carbocycles. The number of nitrogen functional groups attached to an aromatic ring is 1. The Morgan fingerprint density at radius 1 is 1.47 bits per heavy atom. The molecule has 0 saturated heterocycles. The molecule has 0 aliphatic heterocycles. The van der Waals surface area contributed by atoms with Crippen LogP contribution in [0.15, 0.2) is 35.1 Å². The monoisotopic (exact) mass is 260 g/mol. The zero-order valence-corrected chi connectivity index (χ0v) is 10.6. The van der Waals surface area contributed by atoms with E-state index in [2.05, 4.69) is 15.7 Å². The summed E-state index contributed by atoms with van der Waals surface area (Å²) >= 11 is 0. The second-order valence-electron chi connectivity index (χ2n) is 4.04. The quantitative estimate of drug-likeness (QED) is 0.559. The molecule has 4 N–H and O–H groups in total. The van der Waals surface area contributed by atoms with Gasteiger partial charge in [0.2, 0.25) is 0 Å². The molecule has 2 heterocycles. The highest BCUT2D eigenvalue weighted by Gasteiger charge is 2.09. The van der Waals surface area contributed by atoms with Crippen molar-refractivity contribution in [3.63, 3.8) is 0 Å². The van der Waals surface area contributed by atoms with Gasteiger partial charge in [0.15, 0.2) is 0 Å². The smallest absolute Gasteiger partial charge is 0.251 e. The Bertz CT molecular complexity index is 530. The van der Waals surface area contributed by atoms with E-state index in [1.54, 1.807) is 30.7 Å². The minimum Gasteiger partial charge on any atom is -0.472 e. The summed E-state index contributed by atoms with van der Waals surface area (Å²) in [6.45, 7) is 2.39. The molecule has 2 rings (SSSR count). The fourth-order valence-corrected chi connectivity index (χ4v) is 1.65. The first-order valence-corrected chi connectivity index (χ1v) is 5.99. The van der Waals surface area contributed by atoms with E-state index < -0.39 is 0 Å². The van der Waals surface area contributed by atoms with E-state index in [-0.39, 0.29) is 5.91 Å². The van der Waals surface area contributed by atoms with Crippen molar-refractivity contribution in [3.8, 4) is 0 Å². The molecule has 19 heavy (non-hydrogen) atoms. The molecule has 0 atom stereocenters. The van der Waals surface area contributed by atoms with Crippen LogP contribution in [0.5, 0.6) is 0 Å². The van der Waals surface area contributed by atoms with E-state index in [0.29, 0.717) is 17.9 Å². The van der Waals surface area contributed by atoms with Gasteiger partial charge in [0, 0.05) is 23.4 Å². The fourth-order valence-electron chi connectivity index (χ4n) is 1.65. The zero-order valence-electron chi connectivity index (χ0n) is 10.6. The first-order chi connectivity index (χ1) is 9.22. The maximum Gasteiger partial charge on any atom is 0.251 e. The molecule has 0 bridgehead atoms. The summed E-state index contributed by atoms with van der Waals surface area (Å²) in [5.74, 6) is 5.64. The Labute approximate surface area is 111 Å². The summed E-state index contributed by atoms with van der Waals surface area (Å²) < 4.78 is 4.94. The maximum absolute atomic E-state index is 12.0. The van der Waals surface area contributed by atoms with Gasteiger partial charge in [0.05, 0.1) is 12.5 Å². The van der Waals surface area contributed by atoms with Gasteiger partial charge in [0.25, 0.3) is 5.91 Å². The molecule has 6 heteroatoms. The predicted molar refractivity (Wildman–Crippen MR) is 71.3 cm³/mol. The highest BCUT2D eigenvalue weighted by molar-refractivity contribution is 5.94. The number of nitrogens with one attached hydrogen (secondary N) is 2. The summed E-state index contributed by atoms with van der Waals surface area (Å²) in [7, 11) is 0. The van der Waals surface area contributed by atoms with Crippen LogP contribution in [0.1, 0.15) is 28.5 Å². The fraction of sp³-hybridized carbons (Fsp3) is 0.231. The lowest BCUT2D eigenvalue weighted by Crippen LogP contribution is -2.23. The Kier molecular flexibility index (Phi) is 4.15. The molecule has 0 aliphatic rings. The first kappa shape index (κ1) is 13.1. The second kappa shape index (κ2) is 6.01. The Hall–Kier alpha value is -2.34. The van der Waals surface area contributed by atoms with Crippen LogP contribution < -0.4 is 16.6 Å². The summed E-state index contributed by atoms with van der Waals surface area (Å²) in [6.07, 6.45) is 3.90. The van der Waals surface area contributed by atoms with Crippen LogP contribution >= 0.6 is 0 Å². The van der Waals surface area contributed by atoms with Crippen LogP contribution in [0.25, 0.3) is 0 Å². The number of pyridine rings is 1. The van der Waals surface area contributed by atoms with E-state index in [1.165, 1.54) is 0 Å². The lowest BCUT2D eigenvalue weighted by Gasteiger charge is -2.08. The van der Waals surface area contributed by atoms with Crippen molar-refractivity contribution in [2.24, 2.45) is 5.84 Å². The SMILES string of the molecule is CCc1cc(C(=O)NCc2ccoc2)cc(NN)n1. The number of aryl methyl sites for hydroxylation is 1. The van der Waals surface area contributed by atoms with Crippen molar-refractivity contribution in [1.29, 1.82) is 0 Å². The number of hydrazine groups is 1. The molecule has 1 amide bonds. The van der Waals surface area contributed by atoms with Crippen LogP contribution in [0.2, 0.25) is 0 Å². The number of nitrogens with two attached hydrogens (primary N) is 1. The molecule has 100 valence electrons. The van der Waals surface area contributed by atoms with Gasteiger partial charge in [-0.2, -0.15) is 0 Å². The molecule has 2 aromatic heterocycles.